The number of benzene rings is 3. The van der Waals surface area contributed by atoms with E-state index in [1.54, 1.807) is 48.8 Å². The highest BCUT2D eigenvalue weighted by Crippen LogP contribution is 2.17. The lowest BCUT2D eigenvalue weighted by molar-refractivity contribution is -0.133. The highest BCUT2D eigenvalue weighted by Gasteiger charge is 2.29. The average Bonchev–Trinajstić information content (AvgIpc) is 2.97. The first-order valence-electron chi connectivity index (χ1n) is 13.5. The summed E-state index contributed by atoms with van der Waals surface area (Å²) in [7, 11) is 0. The molecule has 0 fully saturated rings. The second-order valence-corrected chi connectivity index (χ2v) is 10.5. The molecule has 216 valence electrons. The molecule has 3 aromatic carbocycles. The molecule has 42 heavy (non-hydrogen) atoms. The van der Waals surface area contributed by atoms with E-state index in [0.29, 0.717) is 10.6 Å². The van der Waals surface area contributed by atoms with Gasteiger partial charge >= 0.3 is 0 Å². The largest absolute Gasteiger partial charge is 0.368 e. The van der Waals surface area contributed by atoms with Crippen LogP contribution in [0, 0.1) is 0 Å². The molecule has 0 spiro atoms. The molecule has 1 aromatic heterocycles. The van der Waals surface area contributed by atoms with E-state index in [9.17, 15) is 19.2 Å². The van der Waals surface area contributed by atoms with Crippen LogP contribution in [0.1, 0.15) is 23.6 Å². The van der Waals surface area contributed by atoms with Crippen LogP contribution in [0.15, 0.2) is 91.3 Å². The quantitative estimate of drug-likeness (QED) is 0.202. The maximum atomic E-state index is 13.6. The molecule has 0 saturated carbocycles. The summed E-state index contributed by atoms with van der Waals surface area (Å²) in [6, 6.07) is 20.9. The van der Waals surface area contributed by atoms with Crippen LogP contribution in [0.5, 0.6) is 0 Å². The Bertz CT molecular complexity index is 1560. The van der Waals surface area contributed by atoms with E-state index >= 15 is 0 Å². The summed E-state index contributed by atoms with van der Waals surface area (Å²) >= 11 is 6.03. The van der Waals surface area contributed by atoms with Gasteiger partial charge in [-0.05, 0) is 45.7 Å². The fraction of sp³-hybridized carbons (Fsp3) is 0.219. The lowest BCUT2D eigenvalue weighted by Gasteiger charge is -2.25. The Morgan fingerprint density at radius 3 is 1.95 bits per heavy atom. The molecule has 0 radical (unpaired) electrons. The minimum atomic E-state index is -1.08. The van der Waals surface area contributed by atoms with E-state index in [1.807, 2.05) is 42.5 Å². The van der Waals surface area contributed by atoms with Crippen LogP contribution < -0.4 is 21.7 Å². The molecule has 0 aliphatic heterocycles. The van der Waals surface area contributed by atoms with Crippen LogP contribution in [0.4, 0.5) is 0 Å². The predicted molar refractivity (Wildman–Crippen MR) is 161 cm³/mol. The first-order valence-corrected chi connectivity index (χ1v) is 13.8. The van der Waals surface area contributed by atoms with E-state index in [4.69, 9.17) is 17.3 Å². The van der Waals surface area contributed by atoms with E-state index in [1.165, 1.54) is 6.92 Å². The van der Waals surface area contributed by atoms with Gasteiger partial charge in [0, 0.05) is 43.6 Å². The zero-order valence-electron chi connectivity index (χ0n) is 23.0. The fourth-order valence-corrected chi connectivity index (χ4v) is 4.77. The monoisotopic (exact) mass is 585 g/mol. The third kappa shape index (κ3) is 8.62. The number of primary amides is 1. The lowest BCUT2D eigenvalue weighted by atomic mass is 9.99. The number of aromatic nitrogens is 1. The third-order valence-electron chi connectivity index (χ3n) is 6.76. The third-order valence-corrected chi connectivity index (χ3v) is 7.01. The van der Waals surface area contributed by atoms with E-state index in [0.717, 1.165) is 21.9 Å². The first-order chi connectivity index (χ1) is 20.2. The maximum Gasteiger partial charge on any atom is 0.243 e. The fourth-order valence-electron chi connectivity index (χ4n) is 4.64. The number of fused-ring (bicyclic) bond motifs is 1. The zero-order valence-corrected chi connectivity index (χ0v) is 23.8. The number of nitrogens with two attached hydrogens (primary N) is 1. The summed E-state index contributed by atoms with van der Waals surface area (Å²) in [5.74, 6) is -2.26. The second-order valence-electron chi connectivity index (χ2n) is 10.1. The van der Waals surface area contributed by atoms with Crippen molar-refractivity contribution in [1.29, 1.82) is 0 Å². The number of pyridine rings is 1. The summed E-state index contributed by atoms with van der Waals surface area (Å²) in [5, 5.41) is 10.8. The van der Waals surface area contributed by atoms with Crippen LogP contribution in [-0.2, 0) is 38.4 Å². The maximum absolute atomic E-state index is 13.6. The number of nitrogens with zero attached hydrogens (tertiary/aromatic N) is 1. The van der Waals surface area contributed by atoms with Crippen LogP contribution in [0.25, 0.3) is 10.8 Å². The molecular formula is C32H32ClN5O4. The smallest absolute Gasteiger partial charge is 0.243 e. The molecule has 5 N–H and O–H groups in total. The normalized spacial score (nSPS) is 13.0. The predicted octanol–water partition coefficient (Wildman–Crippen LogP) is 2.88. The van der Waals surface area contributed by atoms with Gasteiger partial charge in [0.05, 0.1) is 0 Å². The van der Waals surface area contributed by atoms with Crippen LogP contribution in [0.3, 0.4) is 0 Å². The molecule has 1 heterocycles. The van der Waals surface area contributed by atoms with Crippen molar-refractivity contribution in [1.82, 2.24) is 20.9 Å². The van der Waals surface area contributed by atoms with Crippen molar-refractivity contribution in [3.05, 3.63) is 113 Å². The van der Waals surface area contributed by atoms with Gasteiger partial charge in [-0.15, -0.1) is 0 Å². The number of carbonyl (C=O) groups is 4. The van der Waals surface area contributed by atoms with Gasteiger partial charge in [-0.25, -0.2) is 0 Å². The number of hydrogen-bond acceptors (Lipinski definition) is 5. The summed E-state index contributed by atoms with van der Waals surface area (Å²) in [5.41, 5.74) is 7.89. The van der Waals surface area contributed by atoms with Gasteiger partial charge in [0.1, 0.15) is 18.1 Å². The van der Waals surface area contributed by atoms with E-state index < -0.39 is 35.8 Å². The molecule has 4 amide bonds. The SMILES string of the molecule is CC(=O)N[C@H](Cc1ccc2ccccc2c1)C(=O)N[C@H](Cc1ccc(Cl)cc1)C(=O)N[C@H](Cc1cccnc1)C(N)=O. The van der Waals surface area contributed by atoms with Crippen molar-refractivity contribution >= 4 is 46.0 Å². The van der Waals surface area contributed by atoms with Gasteiger partial charge in [0.25, 0.3) is 0 Å². The molecule has 0 aliphatic carbocycles. The second kappa shape index (κ2) is 14.2. The number of nitrogens with one attached hydrogen (secondary N) is 3. The molecule has 0 aliphatic rings. The Morgan fingerprint density at radius 2 is 1.31 bits per heavy atom. The van der Waals surface area contributed by atoms with Crippen molar-refractivity contribution in [3.63, 3.8) is 0 Å². The van der Waals surface area contributed by atoms with Crippen LogP contribution in [0.2, 0.25) is 5.02 Å². The van der Waals surface area contributed by atoms with Gasteiger partial charge in [-0.2, -0.15) is 0 Å². The Balaban J connectivity index is 1.55. The molecule has 0 bridgehead atoms. The molecule has 9 nitrogen and oxygen atoms in total. The summed E-state index contributed by atoms with van der Waals surface area (Å²) in [4.78, 5) is 55.5. The van der Waals surface area contributed by atoms with Gasteiger partial charge < -0.3 is 21.7 Å². The number of halogens is 1. The highest BCUT2D eigenvalue weighted by atomic mass is 35.5. The Kier molecular flexibility index (Phi) is 10.2. The van der Waals surface area contributed by atoms with Crippen molar-refractivity contribution in [2.75, 3.05) is 0 Å². The van der Waals surface area contributed by atoms with Crippen LogP contribution >= 0.6 is 11.6 Å². The minimum Gasteiger partial charge on any atom is -0.368 e. The van der Waals surface area contributed by atoms with Crippen molar-refractivity contribution < 1.29 is 19.2 Å². The summed E-state index contributed by atoms with van der Waals surface area (Å²) in [6.45, 7) is 1.33. The standard InChI is InChI=1S/C32H32ClN5O4/c1-20(39)36-28(17-22-8-11-24-6-2-3-7-25(24)15-22)31(41)38-29(16-21-9-12-26(33)13-10-21)32(42)37-27(30(34)40)18-23-5-4-14-35-19-23/h2-15,19,27-29H,16-18H2,1H3,(H2,34,40)(H,36,39)(H,37,42)(H,38,41)/t27-,28-,29-/m1/s1. The summed E-state index contributed by atoms with van der Waals surface area (Å²) < 4.78 is 0. The first kappa shape index (κ1) is 30.2. The highest BCUT2D eigenvalue weighted by molar-refractivity contribution is 6.30. The molecular weight excluding hydrogens is 554 g/mol. The minimum absolute atomic E-state index is 0.107. The molecule has 4 rings (SSSR count). The number of hydrogen-bond donors (Lipinski definition) is 4. The average molecular weight is 586 g/mol. The molecule has 3 atom stereocenters. The Morgan fingerprint density at radius 1 is 0.714 bits per heavy atom. The van der Waals surface area contributed by atoms with Gasteiger partial charge in [-0.1, -0.05) is 72.3 Å². The number of amides is 4. The zero-order chi connectivity index (χ0) is 30.1. The van der Waals surface area contributed by atoms with Crippen LogP contribution in [-0.4, -0.2) is 46.7 Å². The van der Waals surface area contributed by atoms with Crippen molar-refractivity contribution in [2.24, 2.45) is 5.73 Å². The lowest BCUT2D eigenvalue weighted by Crippen LogP contribution is -2.57. The Labute approximate surface area is 248 Å². The summed E-state index contributed by atoms with van der Waals surface area (Å²) in [6.07, 6.45) is 3.63. The van der Waals surface area contributed by atoms with E-state index in [-0.39, 0.29) is 25.2 Å². The van der Waals surface area contributed by atoms with Crippen molar-refractivity contribution in [2.45, 2.75) is 44.3 Å². The molecule has 10 heteroatoms. The van der Waals surface area contributed by atoms with Gasteiger partial charge in [0.2, 0.25) is 23.6 Å². The van der Waals surface area contributed by atoms with E-state index in [2.05, 4.69) is 20.9 Å². The molecule has 0 saturated heterocycles. The van der Waals surface area contributed by atoms with Crippen molar-refractivity contribution in [3.8, 4) is 0 Å². The Hall–Kier alpha value is -4.76. The molecule has 0 unspecified atom stereocenters. The molecule has 4 aromatic rings. The van der Waals surface area contributed by atoms with Gasteiger partial charge in [-0.3, -0.25) is 24.2 Å². The number of rotatable bonds is 12. The topological polar surface area (TPSA) is 143 Å². The number of carbonyl (C=O) groups excluding carboxylic acids is 4. The van der Waals surface area contributed by atoms with Gasteiger partial charge in [0.15, 0.2) is 0 Å².